The van der Waals surface area contributed by atoms with Gasteiger partial charge in [-0.1, -0.05) is 28.1 Å². The van der Waals surface area contributed by atoms with E-state index in [9.17, 15) is 9.59 Å². The zero-order valence-electron chi connectivity index (χ0n) is 12.7. The van der Waals surface area contributed by atoms with E-state index in [1.807, 2.05) is 38.2 Å². The number of rotatable bonds is 7. The third-order valence-corrected chi connectivity index (χ3v) is 3.53. The van der Waals surface area contributed by atoms with Gasteiger partial charge in [-0.05, 0) is 26.0 Å². The molecule has 0 aromatic heterocycles. The van der Waals surface area contributed by atoms with Crippen molar-refractivity contribution < 1.29 is 14.5 Å². The number of quaternary nitrogens is 1. The summed E-state index contributed by atoms with van der Waals surface area (Å²) < 4.78 is 1.04. The Morgan fingerprint density at radius 2 is 1.90 bits per heavy atom. The van der Waals surface area contributed by atoms with E-state index in [-0.39, 0.29) is 11.8 Å². The van der Waals surface area contributed by atoms with Crippen LogP contribution in [0, 0.1) is 0 Å². The van der Waals surface area contributed by atoms with Crippen LogP contribution in [0.4, 0.5) is 0 Å². The first kappa shape index (κ1) is 17.7. The molecule has 21 heavy (non-hydrogen) atoms. The minimum Gasteiger partial charge on any atom is -0.355 e. The van der Waals surface area contributed by atoms with E-state index in [4.69, 9.17) is 0 Å². The molecule has 0 heterocycles. The number of halogens is 1. The lowest BCUT2D eigenvalue weighted by atomic mass is 10.2. The van der Waals surface area contributed by atoms with Crippen LogP contribution in [-0.2, 0) is 16.1 Å². The van der Waals surface area contributed by atoms with Gasteiger partial charge in [-0.25, -0.2) is 0 Å². The van der Waals surface area contributed by atoms with Crippen molar-refractivity contribution >= 4 is 27.7 Å². The standard InChI is InChI=1S/C15H22BrN3O2/c1-4-17-15(21)11(2)18-14(20)10-19(3)9-12-5-7-13(16)8-6-12/h5-8,11H,4,9-10H2,1-3H3,(H,17,21)(H,18,20)/p+1/t11-/m0/s1. The molecule has 0 spiro atoms. The van der Waals surface area contributed by atoms with Gasteiger partial charge in [0.15, 0.2) is 6.54 Å². The van der Waals surface area contributed by atoms with E-state index in [1.54, 1.807) is 6.92 Å². The lowest BCUT2D eigenvalue weighted by Gasteiger charge is -2.17. The highest BCUT2D eigenvalue weighted by molar-refractivity contribution is 9.10. The molecule has 1 aromatic rings. The quantitative estimate of drug-likeness (QED) is 0.649. The van der Waals surface area contributed by atoms with Crippen LogP contribution in [0.2, 0.25) is 0 Å². The lowest BCUT2D eigenvalue weighted by Crippen LogP contribution is -3.09. The molecule has 1 rings (SSSR count). The SMILES string of the molecule is CCNC(=O)[C@H](C)NC(=O)C[NH+](C)Cc1ccc(Br)cc1. The summed E-state index contributed by atoms with van der Waals surface area (Å²) in [5, 5.41) is 5.40. The Morgan fingerprint density at radius 3 is 2.48 bits per heavy atom. The highest BCUT2D eigenvalue weighted by atomic mass is 79.9. The molecule has 0 saturated carbocycles. The molecule has 0 bridgehead atoms. The molecule has 3 N–H and O–H groups in total. The maximum absolute atomic E-state index is 11.9. The molecule has 1 unspecified atom stereocenters. The maximum Gasteiger partial charge on any atom is 0.275 e. The van der Waals surface area contributed by atoms with Gasteiger partial charge in [0, 0.05) is 16.6 Å². The van der Waals surface area contributed by atoms with Crippen molar-refractivity contribution in [1.82, 2.24) is 10.6 Å². The predicted molar refractivity (Wildman–Crippen MR) is 85.9 cm³/mol. The van der Waals surface area contributed by atoms with E-state index in [0.717, 1.165) is 15.9 Å². The Hall–Kier alpha value is -1.40. The van der Waals surface area contributed by atoms with Crippen molar-refractivity contribution in [2.75, 3.05) is 20.1 Å². The summed E-state index contributed by atoms with van der Waals surface area (Å²) in [6.45, 7) is 5.19. The molecule has 2 amide bonds. The van der Waals surface area contributed by atoms with Crippen molar-refractivity contribution in [2.24, 2.45) is 0 Å². The summed E-state index contributed by atoms with van der Waals surface area (Å²) >= 11 is 3.40. The Kier molecular flexibility index (Phi) is 7.39. The topological polar surface area (TPSA) is 62.6 Å². The molecule has 0 aliphatic carbocycles. The van der Waals surface area contributed by atoms with Crippen molar-refractivity contribution in [3.8, 4) is 0 Å². The number of benzene rings is 1. The molecule has 5 nitrogen and oxygen atoms in total. The highest BCUT2D eigenvalue weighted by Crippen LogP contribution is 2.09. The Labute approximate surface area is 134 Å². The van der Waals surface area contributed by atoms with Crippen LogP contribution in [0.25, 0.3) is 0 Å². The molecular formula is C15H23BrN3O2+. The number of hydrogen-bond acceptors (Lipinski definition) is 2. The molecule has 0 fully saturated rings. The fourth-order valence-corrected chi connectivity index (χ4v) is 2.24. The van der Waals surface area contributed by atoms with Crippen LogP contribution < -0.4 is 15.5 Å². The number of hydrogen-bond donors (Lipinski definition) is 3. The molecule has 0 aliphatic heterocycles. The maximum atomic E-state index is 11.9. The second-order valence-corrected chi connectivity index (χ2v) is 6.04. The zero-order chi connectivity index (χ0) is 15.8. The van der Waals surface area contributed by atoms with Gasteiger partial charge in [0.1, 0.15) is 12.6 Å². The van der Waals surface area contributed by atoms with Gasteiger partial charge in [0.2, 0.25) is 5.91 Å². The van der Waals surface area contributed by atoms with E-state index in [2.05, 4.69) is 26.6 Å². The van der Waals surface area contributed by atoms with Gasteiger partial charge < -0.3 is 15.5 Å². The Morgan fingerprint density at radius 1 is 1.29 bits per heavy atom. The monoisotopic (exact) mass is 356 g/mol. The first-order valence-electron chi connectivity index (χ1n) is 7.05. The largest absolute Gasteiger partial charge is 0.355 e. The summed E-state index contributed by atoms with van der Waals surface area (Å²) in [5.74, 6) is -0.278. The van der Waals surface area contributed by atoms with Crippen molar-refractivity contribution in [2.45, 2.75) is 26.4 Å². The van der Waals surface area contributed by atoms with Crippen LogP contribution in [0.3, 0.4) is 0 Å². The molecule has 116 valence electrons. The van der Waals surface area contributed by atoms with Gasteiger partial charge in [0.05, 0.1) is 7.05 Å². The van der Waals surface area contributed by atoms with Gasteiger partial charge in [0.25, 0.3) is 5.91 Å². The van der Waals surface area contributed by atoms with Crippen LogP contribution in [-0.4, -0.2) is 38.0 Å². The number of carbonyl (C=O) groups excluding carboxylic acids is 2. The molecule has 0 aliphatic rings. The Balaban J connectivity index is 2.40. The average Bonchev–Trinajstić information content (AvgIpc) is 2.41. The second kappa shape index (κ2) is 8.79. The third-order valence-electron chi connectivity index (χ3n) is 3.00. The molecule has 0 radical (unpaired) electrons. The van der Waals surface area contributed by atoms with E-state index in [0.29, 0.717) is 13.1 Å². The predicted octanol–water partition coefficient (Wildman–Crippen LogP) is 0.105. The minimum absolute atomic E-state index is 0.122. The van der Waals surface area contributed by atoms with E-state index >= 15 is 0 Å². The van der Waals surface area contributed by atoms with Crippen LogP contribution in [0.1, 0.15) is 19.4 Å². The summed E-state index contributed by atoms with van der Waals surface area (Å²) in [4.78, 5) is 24.5. The second-order valence-electron chi connectivity index (χ2n) is 5.12. The van der Waals surface area contributed by atoms with Crippen LogP contribution in [0.5, 0.6) is 0 Å². The van der Waals surface area contributed by atoms with Crippen molar-refractivity contribution in [3.05, 3.63) is 34.3 Å². The van der Waals surface area contributed by atoms with Crippen molar-refractivity contribution in [1.29, 1.82) is 0 Å². The van der Waals surface area contributed by atoms with Crippen LogP contribution in [0.15, 0.2) is 28.7 Å². The average molecular weight is 357 g/mol. The number of likely N-dealkylation sites (N-methyl/N-ethyl adjacent to an activating group) is 2. The smallest absolute Gasteiger partial charge is 0.275 e. The van der Waals surface area contributed by atoms with Crippen molar-refractivity contribution in [3.63, 3.8) is 0 Å². The summed E-state index contributed by atoms with van der Waals surface area (Å²) in [5.41, 5.74) is 1.17. The molecule has 2 atom stereocenters. The van der Waals surface area contributed by atoms with Crippen LogP contribution >= 0.6 is 15.9 Å². The fourth-order valence-electron chi connectivity index (χ4n) is 1.97. The van der Waals surface area contributed by atoms with Gasteiger partial charge in [-0.2, -0.15) is 0 Å². The first-order valence-corrected chi connectivity index (χ1v) is 7.84. The Bertz CT molecular complexity index is 476. The molecule has 0 saturated heterocycles. The van der Waals surface area contributed by atoms with Gasteiger partial charge in [-0.3, -0.25) is 9.59 Å². The van der Waals surface area contributed by atoms with E-state index < -0.39 is 6.04 Å². The molecule has 1 aromatic carbocycles. The minimum atomic E-state index is -0.502. The van der Waals surface area contributed by atoms with E-state index in [1.165, 1.54) is 5.56 Å². The number of nitrogens with one attached hydrogen (secondary N) is 3. The summed E-state index contributed by atoms with van der Waals surface area (Å²) in [6, 6.07) is 7.53. The number of amides is 2. The normalized spacial score (nSPS) is 13.3. The summed E-state index contributed by atoms with van der Waals surface area (Å²) in [7, 11) is 1.96. The zero-order valence-corrected chi connectivity index (χ0v) is 14.3. The summed E-state index contributed by atoms with van der Waals surface area (Å²) in [6.07, 6.45) is 0. The number of carbonyl (C=O) groups is 2. The molecule has 6 heteroatoms. The van der Waals surface area contributed by atoms with Gasteiger partial charge >= 0.3 is 0 Å². The molecular weight excluding hydrogens is 334 g/mol. The third kappa shape index (κ3) is 6.73. The first-order chi connectivity index (χ1) is 9.92. The lowest BCUT2D eigenvalue weighted by molar-refractivity contribution is -0.885. The fraction of sp³-hybridized carbons (Fsp3) is 0.467. The van der Waals surface area contributed by atoms with Gasteiger partial charge in [-0.15, -0.1) is 0 Å². The highest BCUT2D eigenvalue weighted by Gasteiger charge is 2.17.